The third-order valence-electron chi connectivity index (χ3n) is 6.46. The molecule has 0 bridgehead atoms. The molecule has 1 aliphatic heterocycles. The molecule has 36 heavy (non-hydrogen) atoms. The number of nitrogens with one attached hydrogen (secondary N) is 1. The molecule has 1 atom stereocenters. The van der Waals surface area contributed by atoms with Gasteiger partial charge in [0.2, 0.25) is 0 Å². The van der Waals surface area contributed by atoms with E-state index in [9.17, 15) is 4.79 Å². The van der Waals surface area contributed by atoms with E-state index < -0.39 is 0 Å². The van der Waals surface area contributed by atoms with E-state index in [1.165, 1.54) is 0 Å². The number of hydrogen-bond donors (Lipinski definition) is 1. The molecule has 184 valence electrons. The standard InChI is InChI=1S/C29H27Cl2N3O2/c1-2-3-4-17-36-24-15-9-21(10-16-24)28-25-26(20-7-13-23(31)14-8-20)32-33-27(25)29(35)34(28)18-19-5-11-22(30)12-6-19/h5-16,28H,2-4,17-18H2,1H3,(H,32,33). The number of carbonyl (C=O) groups is 1. The predicted octanol–water partition coefficient (Wildman–Crippen LogP) is 7.70. The maximum absolute atomic E-state index is 13.6. The van der Waals surface area contributed by atoms with Gasteiger partial charge in [0.1, 0.15) is 11.4 Å². The molecule has 5 rings (SSSR count). The fourth-order valence-corrected chi connectivity index (χ4v) is 4.86. The molecule has 5 nitrogen and oxygen atoms in total. The van der Waals surface area contributed by atoms with E-state index in [2.05, 4.69) is 17.1 Å². The Morgan fingerprint density at radius 1 is 0.917 bits per heavy atom. The summed E-state index contributed by atoms with van der Waals surface area (Å²) in [5.41, 5.74) is 5.03. The summed E-state index contributed by atoms with van der Waals surface area (Å²) in [4.78, 5) is 15.5. The van der Waals surface area contributed by atoms with Crippen molar-refractivity contribution in [3.8, 4) is 17.0 Å². The summed E-state index contributed by atoms with van der Waals surface area (Å²) in [6.07, 6.45) is 3.34. The number of amides is 1. The quantitative estimate of drug-likeness (QED) is 0.230. The number of benzene rings is 3. The average Bonchev–Trinajstić information content (AvgIpc) is 3.43. The van der Waals surface area contributed by atoms with Gasteiger partial charge < -0.3 is 9.64 Å². The monoisotopic (exact) mass is 519 g/mol. The molecule has 4 aromatic rings. The number of aromatic amines is 1. The van der Waals surface area contributed by atoms with Gasteiger partial charge in [0.15, 0.2) is 0 Å². The maximum atomic E-state index is 13.6. The van der Waals surface area contributed by atoms with Crippen molar-refractivity contribution in [2.24, 2.45) is 0 Å². The fraction of sp³-hybridized carbons (Fsp3) is 0.241. The van der Waals surface area contributed by atoms with E-state index in [4.69, 9.17) is 27.9 Å². The third kappa shape index (κ3) is 4.99. The molecule has 1 amide bonds. The Kier molecular flexibility index (Phi) is 7.30. The van der Waals surface area contributed by atoms with Gasteiger partial charge in [-0.25, -0.2) is 0 Å². The Morgan fingerprint density at radius 3 is 2.25 bits per heavy atom. The first-order valence-electron chi connectivity index (χ1n) is 12.2. The van der Waals surface area contributed by atoms with Crippen LogP contribution < -0.4 is 4.74 Å². The van der Waals surface area contributed by atoms with E-state index in [1.54, 1.807) is 0 Å². The molecule has 2 heterocycles. The molecule has 0 saturated carbocycles. The lowest BCUT2D eigenvalue weighted by molar-refractivity contribution is 0.0730. The van der Waals surface area contributed by atoms with Gasteiger partial charge in [0.25, 0.3) is 5.91 Å². The Labute approximate surface area is 221 Å². The lowest BCUT2D eigenvalue weighted by Crippen LogP contribution is -2.29. The lowest BCUT2D eigenvalue weighted by atomic mass is 9.96. The van der Waals surface area contributed by atoms with Gasteiger partial charge in [-0.15, -0.1) is 0 Å². The van der Waals surface area contributed by atoms with Crippen molar-refractivity contribution in [2.45, 2.75) is 38.8 Å². The van der Waals surface area contributed by atoms with Crippen LogP contribution in [0.2, 0.25) is 10.0 Å². The van der Waals surface area contributed by atoms with Crippen molar-refractivity contribution in [1.82, 2.24) is 15.1 Å². The number of fused-ring (bicyclic) bond motifs is 1. The highest BCUT2D eigenvalue weighted by molar-refractivity contribution is 6.30. The predicted molar refractivity (Wildman–Crippen MR) is 144 cm³/mol. The van der Waals surface area contributed by atoms with Crippen molar-refractivity contribution < 1.29 is 9.53 Å². The zero-order valence-corrected chi connectivity index (χ0v) is 21.5. The van der Waals surface area contributed by atoms with Crippen molar-refractivity contribution in [2.75, 3.05) is 6.61 Å². The minimum absolute atomic E-state index is 0.0856. The van der Waals surface area contributed by atoms with Gasteiger partial charge in [-0.1, -0.05) is 79.4 Å². The van der Waals surface area contributed by atoms with Crippen molar-refractivity contribution in [3.63, 3.8) is 0 Å². The second-order valence-corrected chi connectivity index (χ2v) is 9.83. The highest BCUT2D eigenvalue weighted by atomic mass is 35.5. The number of unbranched alkanes of at least 4 members (excludes halogenated alkanes) is 2. The summed E-state index contributed by atoms with van der Waals surface area (Å²) < 4.78 is 5.92. The van der Waals surface area contributed by atoms with Crippen LogP contribution in [0.1, 0.15) is 59.4 Å². The molecular formula is C29H27Cl2N3O2. The van der Waals surface area contributed by atoms with Gasteiger partial charge in [-0.05, 0) is 53.9 Å². The number of nitrogens with zero attached hydrogens (tertiary/aromatic N) is 2. The SMILES string of the molecule is CCCCCOc1ccc(C2c3c(-c4ccc(Cl)cc4)n[nH]c3C(=O)N2Cc2ccc(Cl)cc2)cc1. The normalized spacial score (nSPS) is 14.8. The van der Waals surface area contributed by atoms with Crippen LogP contribution >= 0.6 is 23.2 Å². The van der Waals surface area contributed by atoms with E-state index in [1.807, 2.05) is 77.7 Å². The van der Waals surface area contributed by atoms with Gasteiger partial charge in [-0.3, -0.25) is 9.89 Å². The minimum atomic E-state index is -0.304. The number of hydrogen-bond acceptors (Lipinski definition) is 3. The molecule has 1 unspecified atom stereocenters. The molecule has 7 heteroatoms. The first-order valence-corrected chi connectivity index (χ1v) is 12.9. The molecule has 0 aliphatic carbocycles. The summed E-state index contributed by atoms with van der Waals surface area (Å²) in [6.45, 7) is 3.32. The fourth-order valence-electron chi connectivity index (χ4n) is 4.61. The number of halogens is 2. The summed E-state index contributed by atoms with van der Waals surface area (Å²) in [5, 5.41) is 8.85. The number of carbonyl (C=O) groups excluding carboxylic acids is 1. The van der Waals surface area contributed by atoms with Crippen LogP contribution in [0.3, 0.4) is 0 Å². The van der Waals surface area contributed by atoms with E-state index in [-0.39, 0.29) is 11.9 Å². The topological polar surface area (TPSA) is 58.2 Å². The lowest BCUT2D eigenvalue weighted by Gasteiger charge is -2.26. The summed E-state index contributed by atoms with van der Waals surface area (Å²) in [7, 11) is 0. The first kappa shape index (κ1) is 24.4. The van der Waals surface area contributed by atoms with Gasteiger partial charge >= 0.3 is 0 Å². The highest BCUT2D eigenvalue weighted by Crippen LogP contribution is 2.44. The van der Waals surface area contributed by atoms with Gasteiger partial charge in [0, 0.05) is 27.7 Å². The maximum Gasteiger partial charge on any atom is 0.273 e. The van der Waals surface area contributed by atoms with Crippen LogP contribution in [0, 0.1) is 0 Å². The molecule has 1 aliphatic rings. The summed E-state index contributed by atoms with van der Waals surface area (Å²) >= 11 is 12.2. The summed E-state index contributed by atoms with van der Waals surface area (Å²) in [5.74, 6) is 0.742. The molecule has 1 N–H and O–H groups in total. The van der Waals surface area contributed by atoms with E-state index in [0.717, 1.165) is 53.0 Å². The molecule has 0 radical (unpaired) electrons. The minimum Gasteiger partial charge on any atom is -0.494 e. The molecule has 3 aromatic carbocycles. The van der Waals surface area contributed by atoms with Gasteiger partial charge in [0.05, 0.1) is 18.3 Å². The van der Waals surface area contributed by atoms with Gasteiger partial charge in [-0.2, -0.15) is 5.10 Å². The number of rotatable bonds is 9. The molecule has 1 aromatic heterocycles. The van der Waals surface area contributed by atoms with Crippen molar-refractivity contribution in [3.05, 3.63) is 105 Å². The smallest absolute Gasteiger partial charge is 0.273 e. The van der Waals surface area contributed by atoms with E-state index in [0.29, 0.717) is 28.9 Å². The average molecular weight is 520 g/mol. The molecule has 0 fully saturated rings. The Bertz CT molecular complexity index is 1330. The van der Waals surface area contributed by atoms with Crippen LogP contribution in [-0.4, -0.2) is 27.6 Å². The Balaban J connectivity index is 1.51. The first-order chi connectivity index (χ1) is 17.5. The zero-order chi connectivity index (χ0) is 25.1. The second kappa shape index (κ2) is 10.8. The Morgan fingerprint density at radius 2 is 1.58 bits per heavy atom. The number of ether oxygens (including phenoxy) is 1. The Hall–Kier alpha value is -3.28. The summed E-state index contributed by atoms with van der Waals surface area (Å²) in [6, 6.07) is 22.8. The van der Waals surface area contributed by atoms with Crippen LogP contribution in [0.15, 0.2) is 72.8 Å². The van der Waals surface area contributed by atoms with E-state index >= 15 is 0 Å². The number of aromatic nitrogens is 2. The zero-order valence-electron chi connectivity index (χ0n) is 20.0. The van der Waals surface area contributed by atoms with Crippen LogP contribution in [-0.2, 0) is 6.54 Å². The molecular weight excluding hydrogens is 493 g/mol. The number of H-pyrrole nitrogens is 1. The largest absolute Gasteiger partial charge is 0.494 e. The molecule has 0 saturated heterocycles. The van der Waals surface area contributed by atoms with Crippen molar-refractivity contribution in [1.29, 1.82) is 0 Å². The third-order valence-corrected chi connectivity index (χ3v) is 6.96. The second-order valence-electron chi connectivity index (χ2n) is 8.95. The van der Waals surface area contributed by atoms with Crippen LogP contribution in [0.25, 0.3) is 11.3 Å². The highest BCUT2D eigenvalue weighted by Gasteiger charge is 2.42. The van der Waals surface area contributed by atoms with Crippen molar-refractivity contribution >= 4 is 29.1 Å². The van der Waals surface area contributed by atoms with Crippen LogP contribution in [0.4, 0.5) is 0 Å². The van der Waals surface area contributed by atoms with Crippen LogP contribution in [0.5, 0.6) is 5.75 Å². The molecule has 0 spiro atoms.